The number of hydrogen-bond acceptors (Lipinski definition) is 5. The molecule has 0 aliphatic carbocycles. The fraction of sp³-hybridized carbons (Fsp3) is 0.407. The van der Waals surface area contributed by atoms with E-state index in [1.165, 1.54) is 0 Å². The molecule has 0 bridgehead atoms. The molecule has 1 amide bonds. The number of ketones is 1. The van der Waals surface area contributed by atoms with Gasteiger partial charge in [0.25, 0.3) is 11.7 Å². The van der Waals surface area contributed by atoms with Crippen molar-refractivity contribution in [3.05, 3.63) is 70.8 Å². The average molecular weight is 451 g/mol. The Labute approximate surface area is 196 Å². The first kappa shape index (κ1) is 24.5. The number of amides is 1. The molecule has 6 nitrogen and oxygen atoms in total. The zero-order chi connectivity index (χ0) is 24.0. The fourth-order valence-corrected chi connectivity index (χ4v) is 4.08. The van der Waals surface area contributed by atoms with Gasteiger partial charge in [-0.25, -0.2) is 0 Å². The van der Waals surface area contributed by atoms with Crippen LogP contribution in [-0.2, 0) is 9.59 Å². The molecule has 176 valence electrons. The van der Waals surface area contributed by atoms with Gasteiger partial charge in [0.2, 0.25) is 0 Å². The highest BCUT2D eigenvalue weighted by molar-refractivity contribution is 6.46. The lowest BCUT2D eigenvalue weighted by Crippen LogP contribution is -2.38. The number of aliphatic hydroxyl groups is 1. The second-order valence-corrected chi connectivity index (χ2v) is 8.30. The number of likely N-dealkylation sites (tertiary alicyclic amines) is 1. The molecular formula is C27H34N2O4. The number of aryl methyl sites for hydroxylation is 1. The lowest BCUT2D eigenvalue weighted by Gasteiger charge is -2.28. The molecule has 1 saturated heterocycles. The third-order valence-corrected chi connectivity index (χ3v) is 6.09. The van der Waals surface area contributed by atoms with Gasteiger partial charge in [-0.1, -0.05) is 62.7 Å². The van der Waals surface area contributed by atoms with Crippen molar-refractivity contribution >= 4 is 17.4 Å². The van der Waals surface area contributed by atoms with Crippen molar-refractivity contribution in [1.29, 1.82) is 0 Å². The third kappa shape index (κ3) is 5.45. The molecule has 1 aliphatic heterocycles. The number of hydrogen-bond donors (Lipinski definition) is 1. The molecule has 1 N–H and O–H groups in total. The van der Waals surface area contributed by atoms with Crippen LogP contribution in [0.25, 0.3) is 5.76 Å². The second-order valence-electron chi connectivity index (χ2n) is 8.30. The largest absolute Gasteiger partial charge is 0.507 e. The molecule has 1 atom stereocenters. The number of Topliss-reactive ketones (excluding diaryl/α,β-unsaturated/α-hetero) is 1. The van der Waals surface area contributed by atoms with Crippen LogP contribution in [0.2, 0.25) is 0 Å². The van der Waals surface area contributed by atoms with E-state index in [9.17, 15) is 14.7 Å². The Morgan fingerprint density at radius 1 is 1.00 bits per heavy atom. The predicted molar refractivity (Wildman–Crippen MR) is 130 cm³/mol. The highest BCUT2D eigenvalue weighted by Gasteiger charge is 2.45. The predicted octanol–water partition coefficient (Wildman–Crippen LogP) is 4.55. The van der Waals surface area contributed by atoms with Crippen LogP contribution in [0.4, 0.5) is 0 Å². The van der Waals surface area contributed by atoms with Crippen molar-refractivity contribution in [1.82, 2.24) is 9.80 Å². The molecule has 2 aromatic rings. The summed E-state index contributed by atoms with van der Waals surface area (Å²) in [4.78, 5) is 30.0. The molecule has 3 rings (SSSR count). The standard InChI is InChI=1S/C27H34N2O4/c1-5-18-33-22-14-12-20(13-15-22)24-23(25(30)21-10-8-19(4)9-11-21)26(31)27(32)29(24)17-16-28(6-2)7-3/h8-15,24,30H,5-7,16-18H2,1-4H3/b25-23+/t24-/m0/s1. The van der Waals surface area contributed by atoms with E-state index in [0.717, 1.165) is 36.4 Å². The summed E-state index contributed by atoms with van der Waals surface area (Å²) in [6, 6.07) is 14.1. The first-order chi connectivity index (χ1) is 15.9. The monoisotopic (exact) mass is 450 g/mol. The normalized spacial score (nSPS) is 17.7. The van der Waals surface area contributed by atoms with Gasteiger partial charge in [0.1, 0.15) is 11.5 Å². The lowest BCUT2D eigenvalue weighted by atomic mass is 9.95. The Bertz CT molecular complexity index is 992. The molecule has 1 heterocycles. The SMILES string of the molecule is CCCOc1ccc([C@H]2/C(=C(\O)c3ccc(C)cc3)C(=O)C(=O)N2CCN(CC)CC)cc1. The molecule has 0 spiro atoms. The Morgan fingerprint density at radius 3 is 2.21 bits per heavy atom. The van der Waals surface area contributed by atoms with Crippen LogP contribution in [0.15, 0.2) is 54.1 Å². The van der Waals surface area contributed by atoms with Crippen molar-refractivity contribution in [3.8, 4) is 5.75 Å². The van der Waals surface area contributed by atoms with Gasteiger partial charge >= 0.3 is 0 Å². The minimum Gasteiger partial charge on any atom is -0.507 e. The van der Waals surface area contributed by atoms with Crippen molar-refractivity contribution in [2.75, 3.05) is 32.8 Å². The lowest BCUT2D eigenvalue weighted by molar-refractivity contribution is -0.140. The zero-order valence-electron chi connectivity index (χ0n) is 20.0. The van der Waals surface area contributed by atoms with Crippen molar-refractivity contribution in [2.24, 2.45) is 0 Å². The molecule has 0 radical (unpaired) electrons. The molecule has 1 fully saturated rings. The highest BCUT2D eigenvalue weighted by atomic mass is 16.5. The number of carbonyl (C=O) groups excluding carboxylic acids is 2. The number of carbonyl (C=O) groups is 2. The first-order valence-corrected chi connectivity index (χ1v) is 11.7. The van der Waals surface area contributed by atoms with Crippen LogP contribution in [-0.4, -0.2) is 59.4 Å². The van der Waals surface area contributed by atoms with E-state index in [4.69, 9.17) is 4.74 Å². The second kappa shape index (κ2) is 11.1. The minimum absolute atomic E-state index is 0.130. The summed E-state index contributed by atoms with van der Waals surface area (Å²) in [6.45, 7) is 11.5. The van der Waals surface area contributed by atoms with E-state index in [0.29, 0.717) is 25.3 Å². The van der Waals surface area contributed by atoms with E-state index in [2.05, 4.69) is 18.7 Å². The summed E-state index contributed by atoms with van der Waals surface area (Å²) in [5, 5.41) is 11.1. The summed E-state index contributed by atoms with van der Waals surface area (Å²) in [5.74, 6) is -0.634. The van der Waals surface area contributed by atoms with Crippen molar-refractivity contribution in [3.63, 3.8) is 0 Å². The summed E-state index contributed by atoms with van der Waals surface area (Å²) in [5.41, 5.74) is 2.47. The molecular weight excluding hydrogens is 416 g/mol. The van der Waals surface area contributed by atoms with E-state index in [-0.39, 0.29) is 11.3 Å². The zero-order valence-corrected chi connectivity index (χ0v) is 20.0. The van der Waals surface area contributed by atoms with Gasteiger partial charge in [-0.3, -0.25) is 9.59 Å². The molecule has 0 aromatic heterocycles. The summed E-state index contributed by atoms with van der Waals surface area (Å²) in [6.07, 6.45) is 0.907. The fourth-order valence-electron chi connectivity index (χ4n) is 4.08. The van der Waals surface area contributed by atoms with Crippen molar-refractivity contribution < 1.29 is 19.4 Å². The number of benzene rings is 2. The van der Waals surface area contributed by atoms with E-state index in [1.54, 1.807) is 17.0 Å². The number of likely N-dealkylation sites (N-methyl/N-ethyl adjacent to an activating group) is 1. The highest BCUT2D eigenvalue weighted by Crippen LogP contribution is 2.39. The Balaban J connectivity index is 2.04. The van der Waals surface area contributed by atoms with Gasteiger partial charge in [0.15, 0.2) is 0 Å². The number of ether oxygens (including phenoxy) is 1. The van der Waals surface area contributed by atoms with Gasteiger partial charge in [0, 0.05) is 18.7 Å². The molecule has 0 unspecified atom stereocenters. The van der Waals surface area contributed by atoms with Crippen LogP contribution >= 0.6 is 0 Å². The molecule has 0 saturated carbocycles. The smallest absolute Gasteiger partial charge is 0.295 e. The maximum atomic E-state index is 13.1. The van der Waals surface area contributed by atoms with Gasteiger partial charge in [-0.15, -0.1) is 0 Å². The number of rotatable bonds is 10. The quantitative estimate of drug-likeness (QED) is 0.327. The molecule has 1 aliphatic rings. The van der Waals surface area contributed by atoms with Crippen molar-refractivity contribution in [2.45, 2.75) is 40.2 Å². The van der Waals surface area contributed by atoms with Gasteiger partial charge in [-0.05, 0) is 44.1 Å². The maximum absolute atomic E-state index is 13.1. The molecule has 6 heteroatoms. The van der Waals surface area contributed by atoms with Gasteiger partial charge in [0.05, 0.1) is 18.2 Å². The van der Waals surface area contributed by atoms with Crippen LogP contribution in [0.1, 0.15) is 49.9 Å². The van der Waals surface area contributed by atoms with E-state index < -0.39 is 17.7 Å². The van der Waals surface area contributed by atoms with Gasteiger partial charge in [-0.2, -0.15) is 0 Å². The van der Waals surface area contributed by atoms with Crippen LogP contribution in [0.3, 0.4) is 0 Å². The third-order valence-electron chi connectivity index (χ3n) is 6.09. The first-order valence-electron chi connectivity index (χ1n) is 11.7. The molecule has 2 aromatic carbocycles. The number of aliphatic hydroxyl groups excluding tert-OH is 1. The summed E-state index contributed by atoms with van der Waals surface area (Å²) >= 11 is 0. The van der Waals surface area contributed by atoms with Crippen LogP contribution in [0.5, 0.6) is 5.75 Å². The Hall–Kier alpha value is -3.12. The Morgan fingerprint density at radius 2 is 1.64 bits per heavy atom. The van der Waals surface area contributed by atoms with Crippen LogP contribution < -0.4 is 4.74 Å². The van der Waals surface area contributed by atoms with Gasteiger partial charge < -0.3 is 19.6 Å². The minimum atomic E-state index is -0.651. The topological polar surface area (TPSA) is 70.1 Å². The van der Waals surface area contributed by atoms with E-state index >= 15 is 0 Å². The van der Waals surface area contributed by atoms with Crippen LogP contribution in [0, 0.1) is 6.92 Å². The summed E-state index contributed by atoms with van der Waals surface area (Å²) < 4.78 is 5.69. The maximum Gasteiger partial charge on any atom is 0.295 e. The average Bonchev–Trinajstić information content (AvgIpc) is 3.08. The molecule has 33 heavy (non-hydrogen) atoms. The summed E-state index contributed by atoms with van der Waals surface area (Å²) in [7, 11) is 0. The number of nitrogens with zero attached hydrogens (tertiary/aromatic N) is 2. The van der Waals surface area contributed by atoms with E-state index in [1.807, 2.05) is 50.2 Å². The Kier molecular flexibility index (Phi) is 8.28.